The summed E-state index contributed by atoms with van der Waals surface area (Å²) in [4.78, 5) is 3.92. The molecule has 0 saturated carbocycles. The zero-order valence-corrected chi connectivity index (χ0v) is 9.10. The Morgan fingerprint density at radius 3 is 2.79 bits per heavy atom. The molecule has 3 nitrogen and oxygen atoms in total. The molecule has 2 aromatic rings. The number of aromatic amines is 1. The number of benzene rings is 1. The van der Waals surface area contributed by atoms with Gasteiger partial charge in [0.15, 0.2) is 5.82 Å². The Morgan fingerprint density at radius 2 is 2.21 bits per heavy atom. The molecule has 14 heavy (non-hydrogen) atoms. The summed E-state index contributed by atoms with van der Waals surface area (Å²) in [6.07, 6.45) is 0. The molecule has 1 aromatic carbocycles. The highest BCUT2D eigenvalue weighted by Crippen LogP contribution is 2.26. The van der Waals surface area contributed by atoms with Crippen molar-refractivity contribution in [3.8, 4) is 11.4 Å². The number of halogens is 3. The predicted molar refractivity (Wildman–Crippen MR) is 54.5 cm³/mol. The fourth-order valence-corrected chi connectivity index (χ4v) is 1.68. The fraction of sp³-hybridized carbons (Fsp3) is 0. The van der Waals surface area contributed by atoms with E-state index in [1.54, 1.807) is 6.07 Å². The molecule has 0 aliphatic rings. The van der Waals surface area contributed by atoms with Crippen LogP contribution in [0.15, 0.2) is 22.7 Å². The summed E-state index contributed by atoms with van der Waals surface area (Å²) < 4.78 is 13.4. The topological polar surface area (TPSA) is 41.6 Å². The van der Waals surface area contributed by atoms with Gasteiger partial charge in [-0.1, -0.05) is 0 Å². The van der Waals surface area contributed by atoms with Crippen LogP contribution in [0.4, 0.5) is 4.39 Å². The molecule has 72 valence electrons. The zero-order valence-electron chi connectivity index (χ0n) is 6.76. The summed E-state index contributed by atoms with van der Waals surface area (Å²) in [5.74, 6) is 0.115. The summed E-state index contributed by atoms with van der Waals surface area (Å²) in [6.45, 7) is 0. The van der Waals surface area contributed by atoms with Gasteiger partial charge in [0.1, 0.15) is 5.82 Å². The van der Waals surface area contributed by atoms with E-state index in [1.807, 2.05) is 0 Å². The van der Waals surface area contributed by atoms with Crippen molar-refractivity contribution in [3.63, 3.8) is 0 Å². The monoisotopic (exact) mass is 275 g/mol. The van der Waals surface area contributed by atoms with E-state index in [9.17, 15) is 4.39 Å². The van der Waals surface area contributed by atoms with Crippen molar-refractivity contribution in [3.05, 3.63) is 33.8 Å². The summed E-state index contributed by atoms with van der Waals surface area (Å²) in [5.41, 5.74) is 0.689. The quantitative estimate of drug-likeness (QED) is 0.870. The lowest BCUT2D eigenvalue weighted by Crippen LogP contribution is -1.84. The van der Waals surface area contributed by atoms with Crippen molar-refractivity contribution in [2.75, 3.05) is 0 Å². The van der Waals surface area contributed by atoms with Crippen molar-refractivity contribution < 1.29 is 4.39 Å². The third kappa shape index (κ3) is 1.78. The Labute approximate surface area is 92.4 Å². The second-order valence-electron chi connectivity index (χ2n) is 2.57. The highest BCUT2D eigenvalue weighted by Gasteiger charge is 2.08. The lowest BCUT2D eigenvalue weighted by atomic mass is 10.2. The van der Waals surface area contributed by atoms with E-state index in [2.05, 4.69) is 31.1 Å². The molecule has 0 saturated heterocycles. The minimum Gasteiger partial charge on any atom is -0.249 e. The van der Waals surface area contributed by atoms with Crippen molar-refractivity contribution in [2.24, 2.45) is 0 Å². The van der Waals surface area contributed by atoms with E-state index >= 15 is 0 Å². The van der Waals surface area contributed by atoms with E-state index in [4.69, 9.17) is 11.6 Å². The molecule has 2 rings (SSSR count). The maximum Gasteiger partial charge on any atom is 0.218 e. The summed E-state index contributed by atoms with van der Waals surface area (Å²) in [5, 5.41) is 6.56. The van der Waals surface area contributed by atoms with E-state index in [1.165, 1.54) is 12.1 Å². The second-order valence-corrected chi connectivity index (χ2v) is 3.79. The van der Waals surface area contributed by atoms with Gasteiger partial charge in [-0.15, -0.1) is 0 Å². The summed E-state index contributed by atoms with van der Waals surface area (Å²) in [6, 6.07) is 4.27. The number of aromatic nitrogens is 3. The van der Waals surface area contributed by atoms with Crippen LogP contribution >= 0.6 is 27.5 Å². The van der Waals surface area contributed by atoms with Gasteiger partial charge in [-0.05, 0) is 45.7 Å². The first kappa shape index (κ1) is 9.61. The first-order chi connectivity index (χ1) is 6.66. The van der Waals surface area contributed by atoms with Crippen LogP contribution in [0.2, 0.25) is 5.28 Å². The fourth-order valence-electron chi connectivity index (χ4n) is 1.03. The van der Waals surface area contributed by atoms with E-state index in [-0.39, 0.29) is 11.1 Å². The Bertz CT molecular complexity index is 471. The Hall–Kier alpha value is -0.940. The zero-order chi connectivity index (χ0) is 10.1. The van der Waals surface area contributed by atoms with Gasteiger partial charge in [-0.3, -0.25) is 0 Å². The molecule has 0 unspecified atom stereocenters. The number of hydrogen-bond acceptors (Lipinski definition) is 2. The standard InChI is InChI=1S/C8H4BrClFN3/c9-6-3-4(11)1-2-5(6)7-12-8(10)14-13-7/h1-3H,(H,12,13,14). The smallest absolute Gasteiger partial charge is 0.218 e. The molecule has 1 heterocycles. The molecule has 6 heteroatoms. The Morgan fingerprint density at radius 1 is 1.43 bits per heavy atom. The van der Waals surface area contributed by atoms with Crippen molar-refractivity contribution in [1.29, 1.82) is 0 Å². The number of H-pyrrole nitrogens is 1. The molecule has 0 radical (unpaired) electrons. The number of nitrogens with zero attached hydrogens (tertiary/aromatic N) is 2. The molecule has 0 spiro atoms. The van der Waals surface area contributed by atoms with Gasteiger partial charge in [-0.2, -0.15) is 10.1 Å². The average molecular weight is 276 g/mol. The maximum atomic E-state index is 12.8. The van der Waals surface area contributed by atoms with Crippen LogP contribution in [0.1, 0.15) is 0 Å². The maximum absolute atomic E-state index is 12.8. The van der Waals surface area contributed by atoms with Crippen LogP contribution in [0, 0.1) is 5.82 Å². The van der Waals surface area contributed by atoms with Crippen molar-refractivity contribution in [1.82, 2.24) is 15.2 Å². The minimum absolute atomic E-state index is 0.205. The van der Waals surface area contributed by atoms with E-state index in [0.29, 0.717) is 15.9 Å². The molecule has 0 bridgehead atoms. The molecule has 1 N–H and O–H groups in total. The summed E-state index contributed by atoms with van der Waals surface area (Å²) in [7, 11) is 0. The first-order valence-corrected chi connectivity index (χ1v) is 4.87. The second kappa shape index (κ2) is 3.67. The molecule has 0 atom stereocenters. The van der Waals surface area contributed by atoms with Crippen LogP contribution < -0.4 is 0 Å². The average Bonchev–Trinajstić information content (AvgIpc) is 2.51. The molecule has 0 aliphatic heterocycles. The van der Waals surface area contributed by atoms with Crippen LogP contribution in [0.5, 0.6) is 0 Å². The van der Waals surface area contributed by atoms with Crippen molar-refractivity contribution in [2.45, 2.75) is 0 Å². The molecule has 0 fully saturated rings. The van der Waals surface area contributed by atoms with Gasteiger partial charge >= 0.3 is 0 Å². The molecule has 0 aliphatic carbocycles. The SMILES string of the molecule is Fc1ccc(-c2n[nH]c(Cl)n2)c(Br)c1. The van der Waals surface area contributed by atoms with Crippen LogP contribution in [-0.4, -0.2) is 15.2 Å². The van der Waals surface area contributed by atoms with Gasteiger partial charge < -0.3 is 0 Å². The molecule has 1 aromatic heterocycles. The first-order valence-electron chi connectivity index (χ1n) is 3.70. The lowest BCUT2D eigenvalue weighted by molar-refractivity contribution is 0.627. The van der Waals surface area contributed by atoms with Crippen molar-refractivity contribution >= 4 is 27.5 Å². The predicted octanol–water partition coefficient (Wildman–Crippen LogP) is 3.03. The lowest BCUT2D eigenvalue weighted by Gasteiger charge is -1.98. The van der Waals surface area contributed by atoms with Gasteiger partial charge in [0.25, 0.3) is 0 Å². The van der Waals surface area contributed by atoms with Gasteiger partial charge in [0, 0.05) is 10.0 Å². The van der Waals surface area contributed by atoms with E-state index < -0.39 is 0 Å². The third-order valence-electron chi connectivity index (χ3n) is 1.63. The Kier molecular flexibility index (Phi) is 2.52. The molecule has 0 amide bonds. The van der Waals surface area contributed by atoms with Gasteiger partial charge in [0.05, 0.1) is 0 Å². The van der Waals surface area contributed by atoms with E-state index in [0.717, 1.165) is 0 Å². The number of rotatable bonds is 1. The highest BCUT2D eigenvalue weighted by molar-refractivity contribution is 9.10. The highest BCUT2D eigenvalue weighted by atomic mass is 79.9. The largest absolute Gasteiger partial charge is 0.249 e. The summed E-state index contributed by atoms with van der Waals surface area (Å²) >= 11 is 8.79. The molecular formula is C8H4BrClFN3. The minimum atomic E-state index is -0.317. The third-order valence-corrected chi connectivity index (χ3v) is 2.46. The number of nitrogens with one attached hydrogen (secondary N) is 1. The van der Waals surface area contributed by atoms with Crippen LogP contribution in [0.25, 0.3) is 11.4 Å². The number of hydrogen-bond donors (Lipinski definition) is 1. The van der Waals surface area contributed by atoms with Gasteiger partial charge in [-0.25, -0.2) is 9.49 Å². The Balaban J connectivity index is 2.52. The van der Waals surface area contributed by atoms with Gasteiger partial charge in [0.2, 0.25) is 5.28 Å². The molecular weight excluding hydrogens is 272 g/mol. The normalized spacial score (nSPS) is 10.5. The van der Waals surface area contributed by atoms with Crippen LogP contribution in [-0.2, 0) is 0 Å². The van der Waals surface area contributed by atoms with Crippen LogP contribution in [0.3, 0.4) is 0 Å².